The molecule has 4 aromatic heterocycles. The van der Waals surface area contributed by atoms with Gasteiger partial charge < -0.3 is 9.52 Å². The molecular weight excluding hydrogens is 823 g/mol. The summed E-state index contributed by atoms with van der Waals surface area (Å²) in [6.07, 6.45) is 7.91. The minimum atomic E-state index is 0. The van der Waals surface area contributed by atoms with Gasteiger partial charge in [0.05, 0.1) is 16.9 Å². The first-order valence-corrected chi connectivity index (χ1v) is 18.9. The fourth-order valence-corrected chi connectivity index (χ4v) is 8.56. The number of aliphatic hydroxyl groups excluding tert-OH is 1. The second-order valence-electron chi connectivity index (χ2n) is 13.8. The Kier molecular flexibility index (Phi) is 13.2. The molecule has 0 bridgehead atoms. The average Bonchev–Trinajstić information content (AvgIpc) is 3.78. The number of thiophene rings is 2. The Labute approximate surface area is 313 Å². The summed E-state index contributed by atoms with van der Waals surface area (Å²) < 4.78 is 7.45. The van der Waals surface area contributed by atoms with Crippen LogP contribution in [0.1, 0.15) is 83.9 Å². The smallest absolute Gasteiger partial charge is 0.162 e. The SMILES string of the molecule is CCC(CC)C(=O)/C=C(\O)C(CC)CC.Cc1cc2c(s1)c(-c1cc(-c3ccc(CC(C)(C)C)s3)ccn1)[c-]c1c3ccccc3oc12.[Ir]. The Morgan fingerprint density at radius 3 is 2.31 bits per heavy atom. The molecule has 6 aromatic rings. The quantitative estimate of drug-likeness (QED) is 0.0846. The second-order valence-corrected chi connectivity index (χ2v) is 16.3. The molecule has 0 spiro atoms. The number of hydrogen-bond acceptors (Lipinski definition) is 6. The number of ketones is 1. The van der Waals surface area contributed by atoms with Crippen LogP contribution in [0.3, 0.4) is 0 Å². The molecule has 2 aromatic carbocycles. The Balaban J connectivity index is 0.000000290. The minimum absolute atomic E-state index is 0. The number of fused-ring (bicyclic) bond motifs is 5. The summed E-state index contributed by atoms with van der Waals surface area (Å²) in [7, 11) is 0. The summed E-state index contributed by atoms with van der Waals surface area (Å²) in [5.41, 5.74) is 5.31. The van der Waals surface area contributed by atoms with E-state index in [9.17, 15) is 9.90 Å². The number of carbonyl (C=O) groups is 1. The summed E-state index contributed by atoms with van der Waals surface area (Å²) in [6, 6.07) is 23.0. The maximum absolute atomic E-state index is 11.7. The Hall–Kier alpha value is -3.09. The van der Waals surface area contributed by atoms with Crippen molar-refractivity contribution in [3.05, 3.63) is 88.4 Å². The second kappa shape index (κ2) is 16.7. The summed E-state index contributed by atoms with van der Waals surface area (Å²) >= 11 is 3.66. The zero-order valence-corrected chi connectivity index (χ0v) is 33.9. The zero-order valence-electron chi connectivity index (χ0n) is 29.9. The van der Waals surface area contributed by atoms with Gasteiger partial charge in [-0.3, -0.25) is 9.78 Å². The first kappa shape index (κ1) is 38.7. The molecule has 261 valence electrons. The first-order valence-electron chi connectivity index (χ1n) is 17.2. The van der Waals surface area contributed by atoms with E-state index in [-0.39, 0.29) is 48.9 Å². The normalized spacial score (nSPS) is 12.2. The molecule has 1 N–H and O–H groups in total. The molecule has 0 fully saturated rings. The number of pyridine rings is 1. The number of rotatable bonds is 10. The number of aromatic nitrogens is 1. The van der Waals surface area contributed by atoms with Crippen LogP contribution in [0.25, 0.3) is 53.7 Å². The average molecular weight is 871 g/mol. The third-order valence-corrected chi connectivity index (χ3v) is 11.1. The van der Waals surface area contributed by atoms with Gasteiger partial charge in [-0.15, -0.1) is 17.4 Å². The first-order chi connectivity index (χ1) is 23.0. The number of benzene rings is 2. The molecule has 0 atom stereocenters. The van der Waals surface area contributed by atoms with Crippen molar-refractivity contribution < 1.29 is 34.4 Å². The van der Waals surface area contributed by atoms with Gasteiger partial charge in [0.25, 0.3) is 0 Å². The number of hydrogen-bond donors (Lipinski definition) is 1. The molecule has 0 amide bonds. The molecule has 0 aliphatic carbocycles. The maximum Gasteiger partial charge on any atom is 0.162 e. The summed E-state index contributed by atoms with van der Waals surface area (Å²) in [5, 5.41) is 13.0. The van der Waals surface area contributed by atoms with E-state index in [1.807, 2.05) is 57.4 Å². The summed E-state index contributed by atoms with van der Waals surface area (Å²) in [4.78, 5) is 20.5. The van der Waals surface area contributed by atoms with Gasteiger partial charge in [0.15, 0.2) is 5.78 Å². The molecule has 4 nitrogen and oxygen atoms in total. The van der Waals surface area contributed by atoms with Crippen LogP contribution in [0.15, 0.2) is 77.0 Å². The van der Waals surface area contributed by atoms with Gasteiger partial charge in [-0.25, -0.2) is 0 Å². The Bertz CT molecular complexity index is 2050. The molecule has 6 rings (SSSR count). The van der Waals surface area contributed by atoms with Gasteiger partial charge >= 0.3 is 0 Å². The van der Waals surface area contributed by atoms with Crippen LogP contribution >= 0.6 is 22.7 Å². The number of aryl methyl sites for hydroxylation is 1. The zero-order chi connectivity index (χ0) is 34.6. The molecule has 49 heavy (non-hydrogen) atoms. The van der Waals surface area contributed by atoms with Crippen LogP contribution in [-0.4, -0.2) is 15.9 Å². The van der Waals surface area contributed by atoms with Crippen LogP contribution in [-0.2, 0) is 31.3 Å². The molecule has 0 saturated heterocycles. The van der Waals surface area contributed by atoms with E-state index in [0.29, 0.717) is 0 Å². The number of para-hydroxylation sites is 1. The van der Waals surface area contributed by atoms with Gasteiger partial charge in [0.1, 0.15) is 0 Å². The number of aliphatic hydroxyl groups is 1. The molecular formula is C42H48IrNO3S2-. The van der Waals surface area contributed by atoms with Crippen molar-refractivity contribution in [2.75, 3.05) is 0 Å². The van der Waals surface area contributed by atoms with Gasteiger partial charge in [-0.2, -0.15) is 11.3 Å². The largest absolute Gasteiger partial charge is 0.512 e. The molecule has 4 heterocycles. The predicted octanol–water partition coefficient (Wildman–Crippen LogP) is 13.2. The van der Waals surface area contributed by atoms with Crippen LogP contribution in [0.5, 0.6) is 0 Å². The number of carbonyl (C=O) groups excluding carboxylic acids is 1. The van der Waals surface area contributed by atoms with Crippen LogP contribution in [0.2, 0.25) is 0 Å². The minimum Gasteiger partial charge on any atom is -0.512 e. The van der Waals surface area contributed by atoms with E-state index in [0.717, 1.165) is 70.7 Å². The Morgan fingerprint density at radius 1 is 0.939 bits per heavy atom. The third kappa shape index (κ3) is 8.99. The van der Waals surface area contributed by atoms with E-state index >= 15 is 0 Å². The van der Waals surface area contributed by atoms with Gasteiger partial charge in [0.2, 0.25) is 0 Å². The van der Waals surface area contributed by atoms with Crippen molar-refractivity contribution in [3.63, 3.8) is 0 Å². The number of furan rings is 1. The summed E-state index contributed by atoms with van der Waals surface area (Å²) in [5.74, 6) is 0.547. The Morgan fingerprint density at radius 2 is 1.63 bits per heavy atom. The van der Waals surface area contributed by atoms with Crippen LogP contribution < -0.4 is 0 Å². The fraction of sp³-hybridized carbons (Fsp3) is 0.381. The van der Waals surface area contributed by atoms with E-state index in [2.05, 4.69) is 76.2 Å². The molecule has 0 aliphatic rings. The topological polar surface area (TPSA) is 63.3 Å². The van der Waals surface area contributed by atoms with Crippen LogP contribution in [0.4, 0.5) is 0 Å². The van der Waals surface area contributed by atoms with Crippen LogP contribution in [0, 0.1) is 30.2 Å². The summed E-state index contributed by atoms with van der Waals surface area (Å²) in [6.45, 7) is 17.1. The van der Waals surface area contributed by atoms with Crippen molar-refractivity contribution >= 4 is 60.5 Å². The van der Waals surface area contributed by atoms with Crippen molar-refractivity contribution in [2.45, 2.75) is 87.5 Å². The predicted molar refractivity (Wildman–Crippen MR) is 206 cm³/mol. The van der Waals surface area contributed by atoms with Crippen molar-refractivity contribution in [3.8, 4) is 21.7 Å². The van der Waals surface area contributed by atoms with E-state index in [1.165, 1.54) is 31.0 Å². The van der Waals surface area contributed by atoms with Crippen molar-refractivity contribution in [2.24, 2.45) is 17.3 Å². The monoisotopic (exact) mass is 871 g/mol. The van der Waals surface area contributed by atoms with Crippen molar-refractivity contribution in [1.82, 2.24) is 4.98 Å². The number of nitrogens with zero attached hydrogens (tertiary/aromatic N) is 1. The molecule has 7 heteroatoms. The molecule has 0 unspecified atom stereocenters. The van der Waals surface area contributed by atoms with E-state index < -0.39 is 0 Å². The maximum atomic E-state index is 11.7. The third-order valence-electron chi connectivity index (χ3n) is 8.92. The van der Waals surface area contributed by atoms with E-state index in [1.54, 1.807) is 11.3 Å². The van der Waals surface area contributed by atoms with Crippen molar-refractivity contribution in [1.29, 1.82) is 0 Å². The van der Waals surface area contributed by atoms with Gasteiger partial charge in [0, 0.05) is 59.7 Å². The fourth-order valence-electron chi connectivity index (χ4n) is 6.24. The molecule has 0 aliphatic heterocycles. The van der Waals surface area contributed by atoms with Gasteiger partial charge in [-0.05, 0) is 94.6 Å². The number of allylic oxidation sites excluding steroid dienone is 2. The van der Waals surface area contributed by atoms with Gasteiger partial charge in [-0.1, -0.05) is 89.7 Å². The standard InChI is InChI=1S/C29H24NOS2.C13H24O2.Ir/c1-17-13-23-27-21(20-7-5-6-8-25(20)31-27)15-22(28(23)32-17)24-14-18(11-12-30-24)26-10-9-19(33-26)16-29(2,3)4;1-5-10(6-2)12(14)9-13(15)11(7-3)8-4;/h5-14H,16H2,1-4H3;9-11,14H,5-8H2,1-4H3;/q-1;;/b;12-9-;. The molecule has 1 radical (unpaired) electrons. The molecule has 0 saturated carbocycles. The van der Waals surface area contributed by atoms with E-state index in [4.69, 9.17) is 9.40 Å².